The van der Waals surface area contributed by atoms with E-state index in [0.717, 1.165) is 15.0 Å². The van der Waals surface area contributed by atoms with Gasteiger partial charge >= 0.3 is 0 Å². The van der Waals surface area contributed by atoms with Crippen LogP contribution in [-0.2, 0) is 0 Å². The molecule has 0 radical (unpaired) electrons. The van der Waals surface area contributed by atoms with Crippen LogP contribution in [0.4, 0.5) is 8.78 Å². The highest BCUT2D eigenvalue weighted by atomic mass is 32.1. The maximum Gasteiger partial charge on any atom is 0.128 e. The van der Waals surface area contributed by atoms with Gasteiger partial charge in [-0.25, -0.2) is 8.78 Å². The van der Waals surface area contributed by atoms with Crippen LogP contribution in [-0.4, -0.2) is 7.05 Å². The van der Waals surface area contributed by atoms with Crippen molar-refractivity contribution in [2.24, 2.45) is 0 Å². The average Bonchev–Trinajstić information content (AvgIpc) is 2.88. The van der Waals surface area contributed by atoms with Crippen molar-refractivity contribution in [3.8, 4) is 0 Å². The lowest BCUT2D eigenvalue weighted by atomic mass is 10.0. The lowest BCUT2D eigenvalue weighted by molar-refractivity contribution is 0.556. The van der Waals surface area contributed by atoms with Gasteiger partial charge in [-0.05, 0) is 49.2 Å². The number of halogens is 2. The summed E-state index contributed by atoms with van der Waals surface area (Å²) in [5, 5.41) is 4.20. The summed E-state index contributed by atoms with van der Waals surface area (Å²) in [5.74, 6) is -0.765. The maximum absolute atomic E-state index is 14.2. The van der Waals surface area contributed by atoms with E-state index in [1.54, 1.807) is 25.3 Å². The molecular formula is C17H15F2NS. The van der Waals surface area contributed by atoms with Crippen molar-refractivity contribution in [2.45, 2.75) is 13.0 Å². The SMILES string of the molecule is CNC(c1cc2ccccc2s1)c1cc(F)c(C)cc1F. The zero-order valence-electron chi connectivity index (χ0n) is 11.8. The van der Waals surface area contributed by atoms with Gasteiger partial charge in [0.25, 0.3) is 0 Å². The molecule has 1 nitrogen and oxygen atoms in total. The lowest BCUT2D eigenvalue weighted by Gasteiger charge is -2.16. The van der Waals surface area contributed by atoms with Crippen molar-refractivity contribution in [3.63, 3.8) is 0 Å². The first-order chi connectivity index (χ1) is 10.1. The summed E-state index contributed by atoms with van der Waals surface area (Å²) in [7, 11) is 1.76. The monoisotopic (exact) mass is 303 g/mol. The summed E-state index contributed by atoms with van der Waals surface area (Å²) in [6, 6.07) is 12.2. The third-order valence-electron chi connectivity index (χ3n) is 3.61. The molecule has 21 heavy (non-hydrogen) atoms. The summed E-state index contributed by atoms with van der Waals surface area (Å²) >= 11 is 1.59. The van der Waals surface area contributed by atoms with Crippen LogP contribution in [0.3, 0.4) is 0 Å². The van der Waals surface area contributed by atoms with Crippen molar-refractivity contribution in [2.75, 3.05) is 7.05 Å². The van der Waals surface area contributed by atoms with E-state index >= 15 is 0 Å². The van der Waals surface area contributed by atoms with Crippen LogP contribution in [0.15, 0.2) is 42.5 Å². The van der Waals surface area contributed by atoms with Crippen LogP contribution in [0, 0.1) is 18.6 Å². The molecule has 108 valence electrons. The van der Waals surface area contributed by atoms with Crippen LogP contribution >= 0.6 is 11.3 Å². The van der Waals surface area contributed by atoms with E-state index in [-0.39, 0.29) is 17.7 Å². The molecule has 0 saturated carbocycles. The second-order valence-corrected chi connectivity index (χ2v) is 6.15. The Morgan fingerprint density at radius 1 is 1.05 bits per heavy atom. The van der Waals surface area contributed by atoms with E-state index in [9.17, 15) is 8.78 Å². The Bertz CT molecular complexity index is 762. The summed E-state index contributed by atoms with van der Waals surface area (Å²) in [4.78, 5) is 0.973. The van der Waals surface area contributed by atoms with Gasteiger partial charge in [0.15, 0.2) is 0 Å². The van der Waals surface area contributed by atoms with Crippen molar-refractivity contribution < 1.29 is 8.78 Å². The van der Waals surface area contributed by atoms with Gasteiger partial charge in [-0.2, -0.15) is 0 Å². The number of aryl methyl sites for hydroxylation is 1. The summed E-state index contributed by atoms with van der Waals surface area (Å²) in [6.45, 7) is 1.57. The fourth-order valence-electron chi connectivity index (χ4n) is 2.48. The molecule has 1 atom stereocenters. The quantitative estimate of drug-likeness (QED) is 0.733. The Hall–Kier alpha value is -1.78. The van der Waals surface area contributed by atoms with Gasteiger partial charge in [-0.15, -0.1) is 11.3 Å². The van der Waals surface area contributed by atoms with Crippen molar-refractivity contribution in [1.82, 2.24) is 5.32 Å². The minimum absolute atomic E-state index is 0.322. The van der Waals surface area contributed by atoms with Crippen LogP contribution in [0.25, 0.3) is 10.1 Å². The van der Waals surface area contributed by atoms with Gasteiger partial charge < -0.3 is 5.32 Å². The van der Waals surface area contributed by atoms with E-state index in [1.165, 1.54) is 12.1 Å². The smallest absolute Gasteiger partial charge is 0.128 e. The molecule has 1 unspecified atom stereocenters. The molecule has 0 fully saturated rings. The average molecular weight is 303 g/mol. The fourth-order valence-corrected chi connectivity index (χ4v) is 3.67. The molecular weight excluding hydrogens is 288 g/mol. The third kappa shape index (κ3) is 2.57. The molecule has 0 saturated heterocycles. The van der Waals surface area contributed by atoms with Crippen LogP contribution < -0.4 is 5.32 Å². The summed E-state index contributed by atoms with van der Waals surface area (Å²) in [5.41, 5.74) is 0.662. The Kier molecular flexibility index (Phi) is 3.74. The van der Waals surface area contributed by atoms with E-state index in [4.69, 9.17) is 0 Å². The van der Waals surface area contributed by atoms with Crippen molar-refractivity contribution in [1.29, 1.82) is 0 Å². The second kappa shape index (κ2) is 5.54. The minimum atomic E-state index is -0.384. The zero-order valence-corrected chi connectivity index (χ0v) is 12.6. The molecule has 0 amide bonds. The van der Waals surface area contributed by atoms with E-state index < -0.39 is 0 Å². The first kappa shape index (κ1) is 14.2. The van der Waals surface area contributed by atoms with Crippen LogP contribution in [0.1, 0.15) is 22.0 Å². The molecule has 0 aliphatic rings. The van der Waals surface area contributed by atoms with Crippen molar-refractivity contribution in [3.05, 3.63) is 70.1 Å². The fraction of sp³-hybridized carbons (Fsp3) is 0.176. The standard InChI is InChI=1S/C17H15F2NS/c1-10-7-14(19)12(9-13(10)18)17(20-2)16-8-11-5-3-4-6-15(11)21-16/h3-9,17,20H,1-2H3. The Morgan fingerprint density at radius 2 is 1.81 bits per heavy atom. The number of thiophene rings is 1. The van der Waals surface area contributed by atoms with Gasteiger partial charge in [0.1, 0.15) is 11.6 Å². The number of fused-ring (bicyclic) bond motifs is 1. The largest absolute Gasteiger partial charge is 0.309 e. The Labute approximate surface area is 126 Å². The van der Waals surface area contributed by atoms with Gasteiger partial charge in [-0.3, -0.25) is 0 Å². The van der Waals surface area contributed by atoms with Gasteiger partial charge in [-0.1, -0.05) is 18.2 Å². The Balaban J connectivity index is 2.11. The molecule has 0 spiro atoms. The minimum Gasteiger partial charge on any atom is -0.309 e. The molecule has 0 aliphatic carbocycles. The normalized spacial score (nSPS) is 12.8. The second-order valence-electron chi connectivity index (χ2n) is 5.03. The highest BCUT2D eigenvalue weighted by Crippen LogP contribution is 2.34. The predicted octanol–water partition coefficient (Wildman–Crippen LogP) is 4.80. The van der Waals surface area contributed by atoms with E-state index in [2.05, 4.69) is 5.32 Å². The number of rotatable bonds is 3. The molecule has 0 aliphatic heterocycles. The van der Waals surface area contributed by atoms with E-state index in [0.29, 0.717) is 11.1 Å². The van der Waals surface area contributed by atoms with E-state index in [1.807, 2.05) is 30.3 Å². The Morgan fingerprint density at radius 3 is 2.52 bits per heavy atom. The van der Waals surface area contributed by atoms with Crippen molar-refractivity contribution >= 4 is 21.4 Å². The number of nitrogens with one attached hydrogen (secondary N) is 1. The first-order valence-electron chi connectivity index (χ1n) is 6.71. The molecule has 4 heteroatoms. The van der Waals surface area contributed by atoms with Gasteiger partial charge in [0, 0.05) is 15.1 Å². The van der Waals surface area contributed by atoms with Gasteiger partial charge in [0.2, 0.25) is 0 Å². The summed E-state index contributed by atoms with van der Waals surface area (Å²) in [6.07, 6.45) is 0. The summed E-state index contributed by atoms with van der Waals surface area (Å²) < 4.78 is 29.1. The molecule has 2 aromatic carbocycles. The lowest BCUT2D eigenvalue weighted by Crippen LogP contribution is -2.18. The third-order valence-corrected chi connectivity index (χ3v) is 4.79. The highest BCUT2D eigenvalue weighted by Gasteiger charge is 2.20. The molecule has 1 aromatic heterocycles. The molecule has 1 N–H and O–H groups in total. The van der Waals surface area contributed by atoms with Crippen LogP contribution in [0.2, 0.25) is 0 Å². The maximum atomic E-state index is 14.2. The predicted molar refractivity (Wildman–Crippen MR) is 83.8 cm³/mol. The molecule has 3 aromatic rings. The number of hydrogen-bond donors (Lipinski definition) is 1. The number of benzene rings is 2. The highest BCUT2D eigenvalue weighted by molar-refractivity contribution is 7.19. The zero-order chi connectivity index (χ0) is 15.0. The molecule has 1 heterocycles. The number of hydrogen-bond acceptors (Lipinski definition) is 2. The van der Waals surface area contributed by atoms with Gasteiger partial charge in [0.05, 0.1) is 6.04 Å². The molecule has 3 rings (SSSR count). The topological polar surface area (TPSA) is 12.0 Å². The molecule has 0 bridgehead atoms. The van der Waals surface area contributed by atoms with Crippen LogP contribution in [0.5, 0.6) is 0 Å². The first-order valence-corrected chi connectivity index (χ1v) is 7.53.